The van der Waals surface area contributed by atoms with Gasteiger partial charge in [-0.25, -0.2) is 4.79 Å². The Hall–Kier alpha value is -1.99. The highest BCUT2D eigenvalue weighted by molar-refractivity contribution is 6.37. The number of hydrogen-bond acceptors (Lipinski definition) is 2. The van der Waals surface area contributed by atoms with Gasteiger partial charge in [-0.15, -0.1) is 0 Å². The summed E-state index contributed by atoms with van der Waals surface area (Å²) in [5.41, 5.74) is 1.99. The van der Waals surface area contributed by atoms with E-state index in [1.54, 1.807) is 24.6 Å². The molecule has 17 heavy (non-hydrogen) atoms. The van der Waals surface area contributed by atoms with Gasteiger partial charge in [-0.1, -0.05) is 11.6 Å². The second-order valence-corrected chi connectivity index (χ2v) is 4.20. The summed E-state index contributed by atoms with van der Waals surface area (Å²) in [6, 6.07) is 5.28. The van der Waals surface area contributed by atoms with E-state index in [4.69, 9.17) is 22.0 Å². The summed E-state index contributed by atoms with van der Waals surface area (Å²) < 4.78 is 1.55. The predicted octanol–water partition coefficient (Wildman–Crippen LogP) is 2.71. The quantitative estimate of drug-likeness (QED) is 0.844. The van der Waals surface area contributed by atoms with Crippen LogP contribution in [0.3, 0.4) is 0 Å². The molecule has 5 heteroatoms. The van der Waals surface area contributed by atoms with Gasteiger partial charge in [0, 0.05) is 12.4 Å². The van der Waals surface area contributed by atoms with Crippen LogP contribution in [0.2, 0.25) is 5.02 Å². The number of fused-ring (bicyclic) bond motifs is 1. The summed E-state index contributed by atoms with van der Waals surface area (Å²) in [6.45, 7) is 1.78. The maximum absolute atomic E-state index is 11.0. The molecule has 1 N–H and O–H groups in total. The van der Waals surface area contributed by atoms with Gasteiger partial charge >= 0.3 is 5.97 Å². The van der Waals surface area contributed by atoms with Crippen LogP contribution in [0, 0.1) is 18.3 Å². The fourth-order valence-corrected chi connectivity index (χ4v) is 2.24. The minimum absolute atomic E-state index is 0.149. The zero-order valence-electron chi connectivity index (χ0n) is 9.28. The van der Waals surface area contributed by atoms with Crippen molar-refractivity contribution in [2.24, 2.45) is 7.05 Å². The molecule has 0 spiro atoms. The molecule has 0 aliphatic rings. The lowest BCUT2D eigenvalue weighted by molar-refractivity contribution is 0.0687. The van der Waals surface area contributed by atoms with Gasteiger partial charge in [-0.2, -0.15) is 5.26 Å². The van der Waals surface area contributed by atoms with Crippen LogP contribution < -0.4 is 0 Å². The first-order valence-electron chi connectivity index (χ1n) is 4.89. The maximum atomic E-state index is 11.0. The van der Waals surface area contributed by atoms with Crippen LogP contribution in [-0.2, 0) is 7.05 Å². The molecule has 0 aliphatic heterocycles. The van der Waals surface area contributed by atoms with E-state index in [1.165, 1.54) is 6.07 Å². The van der Waals surface area contributed by atoms with Crippen LogP contribution in [0.1, 0.15) is 21.6 Å². The third-order valence-electron chi connectivity index (χ3n) is 2.81. The Kier molecular flexibility index (Phi) is 2.56. The molecule has 0 saturated carbocycles. The van der Waals surface area contributed by atoms with Crippen molar-refractivity contribution in [3.8, 4) is 6.07 Å². The lowest BCUT2D eigenvalue weighted by atomic mass is 10.1. The SMILES string of the molecule is Cc1cc2c(cc(C(=O)O)n2C)c(Cl)c1C#N. The Morgan fingerprint density at radius 1 is 1.53 bits per heavy atom. The molecule has 1 heterocycles. The molecule has 2 rings (SSSR count). The lowest BCUT2D eigenvalue weighted by Gasteiger charge is -2.04. The van der Waals surface area contributed by atoms with Gasteiger partial charge in [0.05, 0.1) is 16.1 Å². The van der Waals surface area contributed by atoms with Crippen LogP contribution in [0.4, 0.5) is 0 Å². The van der Waals surface area contributed by atoms with Gasteiger partial charge in [-0.05, 0) is 24.6 Å². The first-order valence-corrected chi connectivity index (χ1v) is 5.27. The largest absolute Gasteiger partial charge is 0.477 e. The Morgan fingerprint density at radius 2 is 2.18 bits per heavy atom. The molecule has 0 amide bonds. The number of carboxylic acid groups (broad SMARTS) is 1. The molecule has 0 radical (unpaired) electrons. The molecule has 0 fully saturated rings. The summed E-state index contributed by atoms with van der Waals surface area (Å²) in [5, 5.41) is 18.9. The van der Waals surface area contributed by atoms with Crippen LogP contribution >= 0.6 is 11.6 Å². The fourth-order valence-electron chi connectivity index (χ4n) is 1.90. The number of benzene rings is 1. The molecule has 2 aromatic rings. The summed E-state index contributed by atoms with van der Waals surface area (Å²) in [5.74, 6) is -1.02. The third-order valence-corrected chi connectivity index (χ3v) is 3.21. The number of hydrogen-bond donors (Lipinski definition) is 1. The number of halogens is 1. The predicted molar refractivity (Wildman–Crippen MR) is 64.3 cm³/mol. The van der Waals surface area contributed by atoms with E-state index in [0.717, 1.165) is 5.56 Å². The molecular weight excluding hydrogens is 240 g/mol. The minimum atomic E-state index is -1.02. The number of rotatable bonds is 1. The van der Waals surface area contributed by atoms with Gasteiger partial charge in [0.25, 0.3) is 0 Å². The fraction of sp³-hybridized carbons (Fsp3) is 0.167. The standard InChI is InChI=1S/C12H9ClN2O2/c1-6-3-9-7(11(13)8(6)5-14)4-10(12(16)17)15(9)2/h3-4H,1-2H3,(H,16,17). The van der Waals surface area contributed by atoms with Crippen molar-refractivity contribution < 1.29 is 9.90 Å². The Bertz CT molecular complexity index is 680. The topological polar surface area (TPSA) is 66.0 Å². The van der Waals surface area contributed by atoms with Crippen LogP contribution in [0.25, 0.3) is 10.9 Å². The Labute approximate surface area is 103 Å². The summed E-state index contributed by atoms with van der Waals surface area (Å²) in [4.78, 5) is 11.0. The Morgan fingerprint density at radius 3 is 2.71 bits per heavy atom. The summed E-state index contributed by atoms with van der Waals surface area (Å²) in [6.07, 6.45) is 0. The van der Waals surface area contributed by atoms with Gasteiger partial charge in [0.2, 0.25) is 0 Å². The normalized spacial score (nSPS) is 10.5. The van der Waals surface area contributed by atoms with Gasteiger partial charge in [-0.3, -0.25) is 0 Å². The highest BCUT2D eigenvalue weighted by Gasteiger charge is 2.17. The van der Waals surface area contributed by atoms with Crippen molar-refractivity contribution in [1.82, 2.24) is 4.57 Å². The van der Waals surface area contributed by atoms with Crippen molar-refractivity contribution in [3.05, 3.63) is 34.0 Å². The molecule has 0 aliphatic carbocycles. The van der Waals surface area contributed by atoms with Crippen molar-refractivity contribution in [3.63, 3.8) is 0 Å². The number of aryl methyl sites for hydroxylation is 2. The van der Waals surface area contributed by atoms with Crippen LogP contribution in [-0.4, -0.2) is 15.6 Å². The maximum Gasteiger partial charge on any atom is 0.352 e. The van der Waals surface area contributed by atoms with Gasteiger partial charge in [0.15, 0.2) is 0 Å². The molecule has 0 unspecified atom stereocenters. The molecule has 0 atom stereocenters. The number of carbonyl (C=O) groups is 1. The van der Waals surface area contributed by atoms with E-state index >= 15 is 0 Å². The van der Waals surface area contributed by atoms with Crippen molar-refractivity contribution in [2.45, 2.75) is 6.92 Å². The molecule has 0 bridgehead atoms. The average Bonchev–Trinajstić information content (AvgIpc) is 2.58. The summed E-state index contributed by atoms with van der Waals surface area (Å²) in [7, 11) is 1.66. The number of carboxylic acids is 1. The highest BCUT2D eigenvalue weighted by atomic mass is 35.5. The highest BCUT2D eigenvalue weighted by Crippen LogP contribution is 2.31. The average molecular weight is 249 g/mol. The van der Waals surface area contributed by atoms with Gasteiger partial charge < -0.3 is 9.67 Å². The van der Waals surface area contributed by atoms with E-state index in [0.29, 0.717) is 21.5 Å². The van der Waals surface area contributed by atoms with E-state index in [2.05, 4.69) is 0 Å². The van der Waals surface area contributed by atoms with Crippen LogP contribution in [0.15, 0.2) is 12.1 Å². The first-order chi connectivity index (χ1) is 7.97. The second-order valence-electron chi connectivity index (χ2n) is 3.82. The molecular formula is C12H9ClN2O2. The molecule has 4 nitrogen and oxygen atoms in total. The monoisotopic (exact) mass is 248 g/mol. The molecule has 86 valence electrons. The van der Waals surface area contributed by atoms with Crippen molar-refractivity contribution in [2.75, 3.05) is 0 Å². The van der Waals surface area contributed by atoms with E-state index in [1.807, 2.05) is 6.07 Å². The zero-order chi connectivity index (χ0) is 12.7. The van der Waals surface area contributed by atoms with E-state index in [-0.39, 0.29) is 5.69 Å². The zero-order valence-corrected chi connectivity index (χ0v) is 10.0. The van der Waals surface area contributed by atoms with Gasteiger partial charge in [0.1, 0.15) is 11.8 Å². The van der Waals surface area contributed by atoms with E-state index in [9.17, 15) is 4.79 Å². The van der Waals surface area contributed by atoms with Crippen molar-refractivity contribution >= 4 is 28.5 Å². The van der Waals surface area contributed by atoms with Crippen LogP contribution in [0.5, 0.6) is 0 Å². The smallest absolute Gasteiger partial charge is 0.352 e. The molecule has 1 aromatic carbocycles. The Balaban J connectivity index is 2.94. The number of aromatic nitrogens is 1. The number of nitrogens with zero attached hydrogens (tertiary/aromatic N) is 2. The number of nitriles is 1. The first kappa shape index (κ1) is 11.5. The summed E-state index contributed by atoms with van der Waals surface area (Å²) >= 11 is 6.11. The number of aromatic carboxylic acids is 1. The molecule has 0 saturated heterocycles. The minimum Gasteiger partial charge on any atom is -0.477 e. The third kappa shape index (κ3) is 1.56. The van der Waals surface area contributed by atoms with Crippen molar-refractivity contribution in [1.29, 1.82) is 5.26 Å². The molecule has 1 aromatic heterocycles. The lowest BCUT2D eigenvalue weighted by Crippen LogP contribution is -2.03. The van der Waals surface area contributed by atoms with E-state index < -0.39 is 5.97 Å². The second kappa shape index (κ2) is 3.79.